The maximum Gasteiger partial charge on any atom is 0.313 e. The molecule has 1 N–H and O–H groups in total. The third-order valence-electron chi connectivity index (χ3n) is 2.62. The molecule has 1 aromatic rings. The molecule has 1 aliphatic heterocycles. The first-order chi connectivity index (χ1) is 8.16. The van der Waals surface area contributed by atoms with Crippen LogP contribution in [0.15, 0.2) is 11.5 Å². The summed E-state index contributed by atoms with van der Waals surface area (Å²) in [5.41, 5.74) is 0. The number of aromatic nitrogens is 3. The van der Waals surface area contributed by atoms with Crippen molar-refractivity contribution < 1.29 is 14.1 Å². The van der Waals surface area contributed by atoms with E-state index in [2.05, 4.69) is 10.2 Å². The summed E-state index contributed by atoms with van der Waals surface area (Å²) in [6.07, 6.45) is 3.31. The zero-order chi connectivity index (χ0) is 12.3. The molecule has 0 spiro atoms. The van der Waals surface area contributed by atoms with Gasteiger partial charge in [0.1, 0.15) is 6.33 Å². The summed E-state index contributed by atoms with van der Waals surface area (Å²) in [7, 11) is -0.695. The first kappa shape index (κ1) is 12.6. The normalized spacial score (nSPS) is 24.7. The average molecular weight is 275 g/mol. The minimum atomic E-state index is -0.866. The lowest BCUT2D eigenvalue weighted by Crippen LogP contribution is -2.22. The third-order valence-corrected chi connectivity index (χ3v) is 4.94. The van der Waals surface area contributed by atoms with Crippen LogP contribution in [0.1, 0.15) is 18.9 Å². The van der Waals surface area contributed by atoms with Crippen molar-refractivity contribution in [3.05, 3.63) is 6.33 Å². The minimum Gasteiger partial charge on any atom is -0.481 e. The maximum absolute atomic E-state index is 11.3. The van der Waals surface area contributed by atoms with E-state index in [0.717, 1.165) is 12.8 Å². The van der Waals surface area contributed by atoms with E-state index in [1.165, 1.54) is 11.8 Å². The Morgan fingerprint density at radius 3 is 2.94 bits per heavy atom. The van der Waals surface area contributed by atoms with Crippen LogP contribution in [-0.2, 0) is 15.6 Å². The Hall–Kier alpha value is -0.890. The molecule has 1 aromatic heterocycles. The molecule has 2 heterocycles. The van der Waals surface area contributed by atoms with E-state index >= 15 is 0 Å². The average Bonchev–Trinajstić information content (AvgIpc) is 2.75. The summed E-state index contributed by atoms with van der Waals surface area (Å²) in [6.45, 7) is 0. The molecule has 1 aliphatic rings. The molecular formula is C9H13N3O3S2. The van der Waals surface area contributed by atoms with Crippen LogP contribution in [0.25, 0.3) is 0 Å². The van der Waals surface area contributed by atoms with Crippen molar-refractivity contribution in [3.8, 4) is 0 Å². The predicted octanol–water partition coefficient (Wildman–Crippen LogP) is 0.538. The third kappa shape index (κ3) is 3.29. The second kappa shape index (κ2) is 5.63. The van der Waals surface area contributed by atoms with Gasteiger partial charge in [0.05, 0.1) is 5.75 Å². The fourth-order valence-electron chi connectivity index (χ4n) is 1.77. The number of aliphatic carboxylic acids is 1. The second-order valence-corrected chi connectivity index (χ2v) is 6.42. The van der Waals surface area contributed by atoms with Crippen LogP contribution in [-0.4, -0.2) is 47.3 Å². The Kier molecular flexibility index (Phi) is 4.16. The topological polar surface area (TPSA) is 85.1 Å². The van der Waals surface area contributed by atoms with E-state index in [-0.39, 0.29) is 11.8 Å². The van der Waals surface area contributed by atoms with Gasteiger partial charge in [0.2, 0.25) is 0 Å². The van der Waals surface area contributed by atoms with Crippen LogP contribution in [0.2, 0.25) is 0 Å². The molecule has 0 aromatic carbocycles. The van der Waals surface area contributed by atoms with Crippen molar-refractivity contribution in [1.29, 1.82) is 0 Å². The van der Waals surface area contributed by atoms with E-state index in [9.17, 15) is 9.00 Å². The van der Waals surface area contributed by atoms with E-state index in [4.69, 9.17) is 5.11 Å². The number of hydrogen-bond donors (Lipinski definition) is 1. The first-order valence-corrected chi connectivity index (χ1v) is 7.73. The predicted molar refractivity (Wildman–Crippen MR) is 64.5 cm³/mol. The van der Waals surface area contributed by atoms with Crippen molar-refractivity contribution >= 4 is 28.5 Å². The Morgan fingerprint density at radius 2 is 2.29 bits per heavy atom. The van der Waals surface area contributed by atoms with E-state index in [1.54, 1.807) is 6.33 Å². The van der Waals surface area contributed by atoms with Gasteiger partial charge < -0.3 is 9.67 Å². The number of hydrogen-bond acceptors (Lipinski definition) is 5. The molecule has 2 rings (SSSR count). The minimum absolute atomic E-state index is 0.0165. The Morgan fingerprint density at radius 1 is 1.59 bits per heavy atom. The van der Waals surface area contributed by atoms with Gasteiger partial charge in [0.15, 0.2) is 5.16 Å². The number of carboxylic acids is 1. The highest BCUT2D eigenvalue weighted by molar-refractivity contribution is 7.99. The molecule has 0 radical (unpaired) electrons. The van der Waals surface area contributed by atoms with Gasteiger partial charge in [0.25, 0.3) is 0 Å². The molecule has 8 heteroatoms. The number of carbonyl (C=O) groups is 1. The van der Waals surface area contributed by atoms with Gasteiger partial charge in [0, 0.05) is 28.3 Å². The van der Waals surface area contributed by atoms with Crippen LogP contribution < -0.4 is 0 Å². The molecule has 17 heavy (non-hydrogen) atoms. The highest BCUT2D eigenvalue weighted by atomic mass is 32.2. The maximum atomic E-state index is 11.3. The van der Waals surface area contributed by atoms with Crippen LogP contribution in [0.5, 0.6) is 0 Å². The molecule has 6 nitrogen and oxygen atoms in total. The van der Waals surface area contributed by atoms with Crippen molar-refractivity contribution in [1.82, 2.24) is 14.8 Å². The van der Waals surface area contributed by atoms with Gasteiger partial charge in [-0.15, -0.1) is 10.2 Å². The summed E-state index contributed by atoms with van der Waals surface area (Å²) in [6, 6.07) is 0.249. The van der Waals surface area contributed by atoms with Crippen molar-refractivity contribution in [2.24, 2.45) is 0 Å². The van der Waals surface area contributed by atoms with E-state index < -0.39 is 16.8 Å². The summed E-state index contributed by atoms with van der Waals surface area (Å²) in [5.74, 6) is 0.518. The van der Waals surface area contributed by atoms with Gasteiger partial charge in [-0.05, 0) is 12.8 Å². The summed E-state index contributed by atoms with van der Waals surface area (Å²) >= 11 is 1.17. The molecule has 0 amide bonds. The number of rotatable bonds is 4. The van der Waals surface area contributed by atoms with Crippen molar-refractivity contribution in [3.63, 3.8) is 0 Å². The van der Waals surface area contributed by atoms with E-state index in [0.29, 0.717) is 16.7 Å². The Bertz CT molecular complexity index is 425. The molecule has 1 saturated heterocycles. The van der Waals surface area contributed by atoms with Gasteiger partial charge in [-0.1, -0.05) is 11.8 Å². The standard InChI is InChI=1S/C9H13N3O3S2/c13-8(14)5-16-9-11-10-6-12(9)7-1-3-17(15)4-2-7/h6-7H,1-5H2,(H,13,14). The summed E-state index contributed by atoms with van der Waals surface area (Å²) in [4.78, 5) is 10.5. The Balaban J connectivity index is 2.02. The summed E-state index contributed by atoms with van der Waals surface area (Å²) in [5, 5.41) is 17.0. The molecule has 0 aliphatic carbocycles. The fraction of sp³-hybridized carbons (Fsp3) is 0.667. The van der Waals surface area contributed by atoms with Crippen LogP contribution in [0, 0.1) is 0 Å². The molecular weight excluding hydrogens is 262 g/mol. The lowest BCUT2D eigenvalue weighted by atomic mass is 10.1. The zero-order valence-electron chi connectivity index (χ0n) is 9.11. The summed E-state index contributed by atoms with van der Waals surface area (Å²) < 4.78 is 13.2. The van der Waals surface area contributed by atoms with Crippen molar-refractivity contribution in [2.75, 3.05) is 17.3 Å². The molecule has 0 saturated carbocycles. The SMILES string of the molecule is O=C(O)CSc1nncn1C1CCS(=O)CC1. The largest absolute Gasteiger partial charge is 0.481 e. The lowest BCUT2D eigenvalue weighted by Gasteiger charge is -2.23. The smallest absolute Gasteiger partial charge is 0.313 e. The van der Waals surface area contributed by atoms with Crippen molar-refractivity contribution in [2.45, 2.75) is 24.0 Å². The molecule has 0 bridgehead atoms. The quantitative estimate of drug-likeness (QED) is 0.807. The molecule has 0 atom stereocenters. The first-order valence-electron chi connectivity index (χ1n) is 5.26. The molecule has 1 fully saturated rings. The number of nitrogens with zero attached hydrogens (tertiary/aromatic N) is 3. The number of thioether (sulfide) groups is 1. The zero-order valence-corrected chi connectivity index (χ0v) is 10.7. The lowest BCUT2D eigenvalue weighted by molar-refractivity contribution is -0.133. The highest BCUT2D eigenvalue weighted by Crippen LogP contribution is 2.26. The van der Waals surface area contributed by atoms with Crippen LogP contribution >= 0.6 is 11.8 Å². The van der Waals surface area contributed by atoms with Gasteiger partial charge in [-0.2, -0.15) is 0 Å². The van der Waals surface area contributed by atoms with Gasteiger partial charge in [-0.3, -0.25) is 9.00 Å². The van der Waals surface area contributed by atoms with Crippen LogP contribution in [0.3, 0.4) is 0 Å². The Labute approximate surface area is 105 Å². The molecule has 0 unspecified atom stereocenters. The molecule has 94 valence electrons. The van der Waals surface area contributed by atoms with Gasteiger partial charge in [-0.25, -0.2) is 0 Å². The van der Waals surface area contributed by atoms with E-state index in [1.807, 2.05) is 4.57 Å². The van der Waals surface area contributed by atoms with Gasteiger partial charge >= 0.3 is 5.97 Å². The monoisotopic (exact) mass is 275 g/mol. The van der Waals surface area contributed by atoms with Crippen LogP contribution in [0.4, 0.5) is 0 Å². The highest BCUT2D eigenvalue weighted by Gasteiger charge is 2.22. The second-order valence-electron chi connectivity index (χ2n) is 3.78. The fourth-order valence-corrected chi connectivity index (χ4v) is 3.75. The number of carboxylic acid groups (broad SMARTS) is 1.